The minimum absolute atomic E-state index is 0.0495. The van der Waals surface area contributed by atoms with Crippen LogP contribution in [0.2, 0.25) is 0 Å². The van der Waals surface area contributed by atoms with Gasteiger partial charge in [-0.25, -0.2) is 10.9 Å². The molecule has 0 aromatic heterocycles. The molecule has 0 saturated carbocycles. The van der Waals surface area contributed by atoms with Crippen LogP contribution in [0.3, 0.4) is 0 Å². The molecule has 0 aliphatic carbocycles. The monoisotopic (exact) mass is 291 g/mol. The second-order valence-corrected chi connectivity index (χ2v) is 5.34. The van der Waals surface area contributed by atoms with Crippen LogP contribution in [0.25, 0.3) is 21.9 Å². The van der Waals surface area contributed by atoms with Crippen LogP contribution in [-0.4, -0.2) is 12.8 Å². The highest BCUT2D eigenvalue weighted by atomic mass is 16.5. The standard InChI is InChI=1S/C18H17N3O/c1-2-4-15-11-16(6-5-13(15)3-1)14-7-9-17(10-8-14)22-18-12-19-21-20-18/h1-11,18-21H,12H2. The molecule has 1 aliphatic heterocycles. The first-order valence-electron chi connectivity index (χ1n) is 7.38. The first kappa shape index (κ1) is 13.3. The predicted octanol–water partition coefficient (Wildman–Crippen LogP) is 2.82. The minimum atomic E-state index is -0.0495. The second-order valence-electron chi connectivity index (χ2n) is 5.34. The summed E-state index contributed by atoms with van der Waals surface area (Å²) >= 11 is 0. The second kappa shape index (κ2) is 5.77. The van der Waals surface area contributed by atoms with Crippen molar-refractivity contribution in [2.75, 3.05) is 6.54 Å². The van der Waals surface area contributed by atoms with Crippen molar-refractivity contribution in [2.24, 2.45) is 0 Å². The van der Waals surface area contributed by atoms with Crippen LogP contribution in [0.15, 0.2) is 66.7 Å². The number of rotatable bonds is 3. The summed E-state index contributed by atoms with van der Waals surface area (Å²) in [5.74, 6) is 0.854. The fourth-order valence-electron chi connectivity index (χ4n) is 2.66. The molecule has 4 heteroatoms. The number of hydrogen-bond donors (Lipinski definition) is 3. The lowest BCUT2D eigenvalue weighted by Gasteiger charge is -2.12. The number of nitrogens with one attached hydrogen (secondary N) is 3. The van der Waals surface area contributed by atoms with E-state index >= 15 is 0 Å². The molecule has 1 heterocycles. The molecule has 4 rings (SSSR count). The molecule has 3 aromatic rings. The molecule has 3 aromatic carbocycles. The van der Waals surface area contributed by atoms with Crippen LogP contribution in [0, 0.1) is 0 Å². The van der Waals surface area contributed by atoms with E-state index in [-0.39, 0.29) is 6.23 Å². The summed E-state index contributed by atoms with van der Waals surface area (Å²) in [5.41, 5.74) is 11.2. The maximum absolute atomic E-state index is 5.80. The summed E-state index contributed by atoms with van der Waals surface area (Å²) in [7, 11) is 0. The van der Waals surface area contributed by atoms with Gasteiger partial charge in [0.1, 0.15) is 5.75 Å². The summed E-state index contributed by atoms with van der Waals surface area (Å²) in [4.78, 5) is 0. The van der Waals surface area contributed by atoms with E-state index in [0.29, 0.717) is 0 Å². The molecule has 0 amide bonds. The summed E-state index contributed by atoms with van der Waals surface area (Å²) in [6.45, 7) is 0.729. The number of ether oxygens (including phenoxy) is 1. The fourth-order valence-corrected chi connectivity index (χ4v) is 2.66. The minimum Gasteiger partial charge on any atom is -0.473 e. The average molecular weight is 291 g/mol. The van der Waals surface area contributed by atoms with Crippen molar-refractivity contribution in [3.05, 3.63) is 66.7 Å². The molecule has 22 heavy (non-hydrogen) atoms. The molecule has 0 bridgehead atoms. The van der Waals surface area contributed by atoms with Crippen molar-refractivity contribution in [3.63, 3.8) is 0 Å². The lowest BCUT2D eigenvalue weighted by molar-refractivity contribution is 0.191. The molecule has 1 unspecified atom stereocenters. The van der Waals surface area contributed by atoms with Gasteiger partial charge in [-0.3, -0.25) is 0 Å². The Labute approximate surface area is 129 Å². The quantitative estimate of drug-likeness (QED) is 0.694. The van der Waals surface area contributed by atoms with Crippen LogP contribution in [0.4, 0.5) is 0 Å². The molecule has 1 aliphatic rings. The average Bonchev–Trinajstić information content (AvgIpc) is 3.08. The van der Waals surface area contributed by atoms with Crippen LogP contribution >= 0.6 is 0 Å². The van der Waals surface area contributed by atoms with Crippen molar-refractivity contribution in [1.29, 1.82) is 0 Å². The highest BCUT2D eigenvalue weighted by Gasteiger charge is 2.14. The molecular formula is C18H17N3O. The predicted molar refractivity (Wildman–Crippen MR) is 88.1 cm³/mol. The summed E-state index contributed by atoms with van der Waals surface area (Å²) in [5, 5.41) is 2.52. The van der Waals surface area contributed by atoms with Gasteiger partial charge in [0.2, 0.25) is 0 Å². The van der Waals surface area contributed by atoms with Crippen molar-refractivity contribution in [1.82, 2.24) is 16.4 Å². The molecule has 1 saturated heterocycles. The smallest absolute Gasteiger partial charge is 0.177 e. The number of hydrazine groups is 2. The third-order valence-electron chi connectivity index (χ3n) is 3.82. The van der Waals surface area contributed by atoms with Gasteiger partial charge in [0.25, 0.3) is 0 Å². The molecule has 110 valence electrons. The Morgan fingerprint density at radius 3 is 2.36 bits per heavy atom. The van der Waals surface area contributed by atoms with Gasteiger partial charge in [0, 0.05) is 0 Å². The molecule has 1 atom stereocenters. The molecule has 1 fully saturated rings. The fraction of sp³-hybridized carbons (Fsp3) is 0.111. The Balaban J connectivity index is 1.58. The first-order valence-corrected chi connectivity index (χ1v) is 7.38. The van der Waals surface area contributed by atoms with Crippen LogP contribution in [0.5, 0.6) is 5.75 Å². The Morgan fingerprint density at radius 2 is 1.59 bits per heavy atom. The van der Waals surface area contributed by atoms with Gasteiger partial charge in [-0.2, -0.15) is 5.53 Å². The van der Waals surface area contributed by atoms with Crippen LogP contribution in [-0.2, 0) is 0 Å². The maximum Gasteiger partial charge on any atom is 0.177 e. The summed E-state index contributed by atoms with van der Waals surface area (Å²) in [6.07, 6.45) is -0.0495. The van der Waals surface area contributed by atoms with E-state index in [1.54, 1.807) is 0 Å². The number of fused-ring (bicyclic) bond motifs is 1. The van der Waals surface area contributed by atoms with Gasteiger partial charge in [-0.15, -0.1) is 0 Å². The first-order chi connectivity index (χ1) is 10.9. The molecule has 4 nitrogen and oxygen atoms in total. The molecule has 0 radical (unpaired) electrons. The zero-order chi connectivity index (χ0) is 14.8. The van der Waals surface area contributed by atoms with Crippen LogP contribution in [0.1, 0.15) is 0 Å². The number of benzene rings is 3. The highest BCUT2D eigenvalue weighted by molar-refractivity contribution is 5.87. The van der Waals surface area contributed by atoms with E-state index in [9.17, 15) is 0 Å². The van der Waals surface area contributed by atoms with Gasteiger partial charge < -0.3 is 4.74 Å². The Morgan fingerprint density at radius 1 is 0.818 bits per heavy atom. The third-order valence-corrected chi connectivity index (χ3v) is 3.82. The summed E-state index contributed by atoms with van der Waals surface area (Å²) < 4.78 is 5.80. The van der Waals surface area contributed by atoms with Crippen molar-refractivity contribution in [2.45, 2.75) is 6.23 Å². The molecular weight excluding hydrogens is 274 g/mol. The Hall–Kier alpha value is -2.40. The Bertz CT molecular complexity index is 780. The topological polar surface area (TPSA) is 45.3 Å². The van der Waals surface area contributed by atoms with E-state index in [0.717, 1.165) is 12.3 Å². The van der Waals surface area contributed by atoms with Crippen LogP contribution < -0.4 is 21.1 Å². The van der Waals surface area contributed by atoms with E-state index in [1.807, 2.05) is 12.1 Å². The van der Waals surface area contributed by atoms with E-state index in [1.165, 1.54) is 21.9 Å². The summed E-state index contributed by atoms with van der Waals surface area (Å²) in [6, 6.07) is 23.1. The van der Waals surface area contributed by atoms with Gasteiger partial charge >= 0.3 is 0 Å². The Kier molecular flexibility index (Phi) is 3.48. The largest absolute Gasteiger partial charge is 0.473 e. The maximum atomic E-state index is 5.80. The SMILES string of the molecule is c1ccc2cc(-c3ccc(OC4CNNN4)cc3)ccc2c1. The van der Waals surface area contributed by atoms with E-state index in [4.69, 9.17) is 4.74 Å². The lowest BCUT2D eigenvalue weighted by atomic mass is 10.0. The zero-order valence-electron chi connectivity index (χ0n) is 12.0. The van der Waals surface area contributed by atoms with Crippen molar-refractivity contribution in [3.8, 4) is 16.9 Å². The third kappa shape index (κ3) is 2.67. The zero-order valence-corrected chi connectivity index (χ0v) is 12.0. The number of hydrogen-bond acceptors (Lipinski definition) is 4. The normalized spacial score (nSPS) is 17.7. The van der Waals surface area contributed by atoms with Gasteiger partial charge in [0.05, 0.1) is 6.54 Å². The van der Waals surface area contributed by atoms with Crippen molar-refractivity contribution >= 4 is 10.8 Å². The van der Waals surface area contributed by atoms with E-state index < -0.39 is 0 Å². The highest BCUT2D eigenvalue weighted by Crippen LogP contribution is 2.26. The van der Waals surface area contributed by atoms with Gasteiger partial charge in [0.15, 0.2) is 6.23 Å². The van der Waals surface area contributed by atoms with Gasteiger partial charge in [-0.1, -0.05) is 48.5 Å². The van der Waals surface area contributed by atoms with Gasteiger partial charge in [-0.05, 0) is 40.1 Å². The lowest BCUT2D eigenvalue weighted by Crippen LogP contribution is -2.36. The van der Waals surface area contributed by atoms with E-state index in [2.05, 4.69) is 71.0 Å². The molecule has 0 spiro atoms. The van der Waals surface area contributed by atoms with Crippen molar-refractivity contribution < 1.29 is 4.74 Å². The molecule has 3 N–H and O–H groups in total.